The molecule has 3 aromatic rings. The van der Waals surface area contributed by atoms with Crippen LogP contribution in [0.1, 0.15) is 22.8 Å². The van der Waals surface area contributed by atoms with Crippen molar-refractivity contribution in [1.82, 2.24) is 5.43 Å². The van der Waals surface area contributed by atoms with Crippen LogP contribution in [0.2, 0.25) is 20.1 Å². The van der Waals surface area contributed by atoms with Gasteiger partial charge in [-0.3, -0.25) is 4.79 Å². The van der Waals surface area contributed by atoms with E-state index in [2.05, 4.69) is 10.5 Å². The minimum Gasteiger partial charge on any atom is -0.479 e. The average molecular weight is 526 g/mol. The van der Waals surface area contributed by atoms with Gasteiger partial charge in [0.1, 0.15) is 11.5 Å². The molecule has 0 fully saturated rings. The predicted molar refractivity (Wildman–Crippen MR) is 130 cm³/mol. The lowest BCUT2D eigenvalue weighted by Gasteiger charge is -2.14. The maximum atomic E-state index is 12.3. The van der Waals surface area contributed by atoms with Crippen molar-refractivity contribution >= 4 is 64.5 Å². The molecule has 0 heterocycles. The molecule has 170 valence electrons. The summed E-state index contributed by atoms with van der Waals surface area (Å²) in [6, 6.07) is 15.7. The zero-order chi connectivity index (χ0) is 24.0. The Balaban J connectivity index is 1.53. The van der Waals surface area contributed by atoms with Gasteiger partial charge in [-0.2, -0.15) is 5.10 Å². The standard InChI is InChI=1S/C23H16Cl4N2O4/c1-13(32-21-9-5-16(25)11-20(21)27)22(30)29-28-12-14-2-6-17(7-3-14)33-23(31)18-8-4-15(24)10-19(18)26/h2-13H,1H3,(H,29,30). The Kier molecular flexibility index (Phi) is 8.58. The fraction of sp³-hybridized carbons (Fsp3) is 0.0870. The number of hydrogen-bond acceptors (Lipinski definition) is 5. The molecule has 3 rings (SSSR count). The third-order valence-corrected chi connectivity index (χ3v) is 5.28. The summed E-state index contributed by atoms with van der Waals surface area (Å²) in [5.41, 5.74) is 3.25. The highest BCUT2D eigenvalue weighted by atomic mass is 35.5. The number of ether oxygens (including phenoxy) is 2. The smallest absolute Gasteiger partial charge is 0.345 e. The van der Waals surface area contributed by atoms with Crippen LogP contribution in [-0.2, 0) is 4.79 Å². The van der Waals surface area contributed by atoms with Gasteiger partial charge in [-0.05, 0) is 73.2 Å². The van der Waals surface area contributed by atoms with Gasteiger partial charge < -0.3 is 9.47 Å². The molecule has 1 unspecified atom stereocenters. The van der Waals surface area contributed by atoms with Crippen LogP contribution in [-0.4, -0.2) is 24.2 Å². The van der Waals surface area contributed by atoms with Gasteiger partial charge >= 0.3 is 5.97 Å². The summed E-state index contributed by atoms with van der Waals surface area (Å²) in [5.74, 6) is -0.436. The first kappa shape index (κ1) is 24.9. The molecule has 1 atom stereocenters. The Bertz CT molecular complexity index is 1200. The van der Waals surface area contributed by atoms with Gasteiger partial charge in [0.2, 0.25) is 0 Å². The summed E-state index contributed by atoms with van der Waals surface area (Å²) in [4.78, 5) is 24.4. The Morgan fingerprint density at radius 3 is 2.18 bits per heavy atom. The fourth-order valence-corrected chi connectivity index (χ4v) is 3.45. The van der Waals surface area contributed by atoms with Crippen LogP contribution in [0.4, 0.5) is 0 Å². The first-order valence-electron chi connectivity index (χ1n) is 9.45. The number of nitrogens with one attached hydrogen (secondary N) is 1. The number of benzene rings is 3. The summed E-state index contributed by atoms with van der Waals surface area (Å²) in [6.07, 6.45) is 0.587. The molecule has 33 heavy (non-hydrogen) atoms. The van der Waals surface area contributed by atoms with Gasteiger partial charge in [0.25, 0.3) is 5.91 Å². The van der Waals surface area contributed by atoms with Gasteiger partial charge in [-0.15, -0.1) is 0 Å². The highest BCUT2D eigenvalue weighted by Gasteiger charge is 2.16. The quantitative estimate of drug-likeness (QED) is 0.167. The molecule has 0 saturated heterocycles. The summed E-state index contributed by atoms with van der Waals surface area (Å²) in [7, 11) is 0. The average Bonchev–Trinajstić information content (AvgIpc) is 2.76. The van der Waals surface area contributed by atoms with Crippen molar-refractivity contribution in [2.75, 3.05) is 0 Å². The molecule has 0 aliphatic rings. The molecule has 0 radical (unpaired) electrons. The van der Waals surface area contributed by atoms with Gasteiger partial charge in [0, 0.05) is 10.0 Å². The lowest BCUT2D eigenvalue weighted by Crippen LogP contribution is -2.33. The van der Waals surface area contributed by atoms with Crippen molar-refractivity contribution in [3.8, 4) is 11.5 Å². The van der Waals surface area contributed by atoms with Gasteiger partial charge in [0.05, 0.1) is 21.8 Å². The maximum Gasteiger partial charge on any atom is 0.345 e. The Morgan fingerprint density at radius 2 is 1.55 bits per heavy atom. The van der Waals surface area contributed by atoms with E-state index in [1.807, 2.05) is 0 Å². The van der Waals surface area contributed by atoms with Crippen LogP contribution in [0.5, 0.6) is 11.5 Å². The van der Waals surface area contributed by atoms with Gasteiger partial charge in [0.15, 0.2) is 6.10 Å². The number of hydrazone groups is 1. The summed E-state index contributed by atoms with van der Waals surface area (Å²) < 4.78 is 10.8. The highest BCUT2D eigenvalue weighted by Crippen LogP contribution is 2.28. The van der Waals surface area contributed by atoms with E-state index in [4.69, 9.17) is 55.9 Å². The van der Waals surface area contributed by atoms with Crippen LogP contribution < -0.4 is 14.9 Å². The number of hydrogen-bond donors (Lipinski definition) is 1. The number of esters is 1. The monoisotopic (exact) mass is 524 g/mol. The molecule has 0 saturated carbocycles. The van der Waals surface area contributed by atoms with Crippen LogP contribution in [0, 0.1) is 0 Å². The molecular weight excluding hydrogens is 510 g/mol. The first-order chi connectivity index (χ1) is 15.7. The second-order valence-corrected chi connectivity index (χ2v) is 8.34. The SMILES string of the molecule is CC(Oc1ccc(Cl)cc1Cl)C(=O)NN=Cc1ccc(OC(=O)c2ccc(Cl)cc2Cl)cc1. The van der Waals surface area contributed by atoms with Crippen molar-refractivity contribution in [1.29, 1.82) is 0 Å². The highest BCUT2D eigenvalue weighted by molar-refractivity contribution is 6.36. The van der Waals surface area contributed by atoms with Crippen molar-refractivity contribution < 1.29 is 19.1 Å². The number of amides is 1. The number of carbonyl (C=O) groups is 2. The largest absolute Gasteiger partial charge is 0.479 e. The van der Waals surface area contributed by atoms with E-state index >= 15 is 0 Å². The Hall–Kier alpha value is -2.77. The topological polar surface area (TPSA) is 77.0 Å². The maximum absolute atomic E-state index is 12.3. The molecule has 1 amide bonds. The molecule has 0 aromatic heterocycles. The zero-order valence-corrected chi connectivity index (χ0v) is 20.0. The van der Waals surface area contributed by atoms with Crippen molar-refractivity contribution in [2.45, 2.75) is 13.0 Å². The van der Waals surface area contributed by atoms with Crippen LogP contribution >= 0.6 is 46.4 Å². The molecule has 6 nitrogen and oxygen atoms in total. The van der Waals surface area contributed by atoms with Crippen LogP contribution in [0.15, 0.2) is 65.8 Å². The third-order valence-electron chi connectivity index (χ3n) is 4.20. The van der Waals surface area contributed by atoms with Gasteiger partial charge in [-0.1, -0.05) is 46.4 Å². The van der Waals surface area contributed by atoms with Crippen molar-refractivity contribution in [2.24, 2.45) is 5.10 Å². The van der Waals surface area contributed by atoms with Crippen LogP contribution in [0.25, 0.3) is 0 Å². The second kappa shape index (κ2) is 11.4. The lowest BCUT2D eigenvalue weighted by molar-refractivity contribution is -0.127. The summed E-state index contributed by atoms with van der Waals surface area (Å²) >= 11 is 23.7. The normalized spacial score (nSPS) is 11.8. The molecule has 0 spiro atoms. The number of nitrogens with zero attached hydrogens (tertiary/aromatic N) is 1. The predicted octanol–water partition coefficient (Wildman–Crippen LogP) is 6.44. The van der Waals surface area contributed by atoms with E-state index in [0.717, 1.165) is 0 Å². The number of rotatable bonds is 7. The summed E-state index contributed by atoms with van der Waals surface area (Å²) in [5, 5.41) is 5.28. The first-order valence-corrected chi connectivity index (χ1v) is 11.0. The molecule has 0 aliphatic carbocycles. The molecule has 1 N–H and O–H groups in total. The van der Waals surface area contributed by atoms with E-state index in [1.165, 1.54) is 24.4 Å². The molecule has 0 bridgehead atoms. The lowest BCUT2D eigenvalue weighted by atomic mass is 10.2. The molecule has 10 heteroatoms. The van der Waals surface area contributed by atoms with Gasteiger partial charge in [-0.25, -0.2) is 10.2 Å². The van der Waals surface area contributed by atoms with E-state index in [1.54, 1.807) is 49.4 Å². The van der Waals surface area contributed by atoms with E-state index in [-0.39, 0.29) is 10.6 Å². The Morgan fingerprint density at radius 1 is 0.909 bits per heavy atom. The summed E-state index contributed by atoms with van der Waals surface area (Å²) in [6.45, 7) is 1.56. The van der Waals surface area contributed by atoms with E-state index in [0.29, 0.717) is 32.1 Å². The molecule has 3 aromatic carbocycles. The Labute approximate surface area is 210 Å². The third kappa shape index (κ3) is 7.11. The number of halogens is 4. The van der Waals surface area contributed by atoms with Crippen LogP contribution in [0.3, 0.4) is 0 Å². The zero-order valence-electron chi connectivity index (χ0n) is 17.0. The minimum absolute atomic E-state index is 0.198. The van der Waals surface area contributed by atoms with E-state index < -0.39 is 18.0 Å². The minimum atomic E-state index is -0.845. The van der Waals surface area contributed by atoms with Crippen molar-refractivity contribution in [3.05, 3.63) is 91.9 Å². The van der Waals surface area contributed by atoms with E-state index in [9.17, 15) is 9.59 Å². The molecule has 0 aliphatic heterocycles. The molecular formula is C23H16Cl4N2O4. The number of carbonyl (C=O) groups excluding carboxylic acids is 2. The second-order valence-electron chi connectivity index (χ2n) is 6.65. The fourth-order valence-electron chi connectivity index (χ4n) is 2.52. The van der Waals surface area contributed by atoms with Crippen molar-refractivity contribution in [3.63, 3.8) is 0 Å².